The van der Waals surface area contributed by atoms with Crippen LogP contribution in [0.5, 0.6) is 0 Å². The van der Waals surface area contributed by atoms with Gasteiger partial charge >= 0.3 is 11.8 Å². The highest BCUT2D eigenvalue weighted by molar-refractivity contribution is 6.39. The molecule has 2 rings (SSSR count). The number of hydrogen-bond donors (Lipinski definition) is 3. The predicted octanol–water partition coefficient (Wildman–Crippen LogP) is 2.20. The summed E-state index contributed by atoms with van der Waals surface area (Å²) in [4.78, 5) is 24.3. The summed E-state index contributed by atoms with van der Waals surface area (Å²) < 4.78 is 0. The Balaban J connectivity index is 2.02. The standard InChI is InChI=1S/C18H26N2O3/c1-18(2,3)13-6-4-5-7-15(13)20-17(23)16(22)19-14(10-11-21)12-8-9-12/h4-7,12,14,21H,8-11H2,1-3H3,(H,19,22)(H,20,23). The van der Waals surface area contributed by atoms with Crippen LogP contribution in [0.3, 0.4) is 0 Å². The lowest BCUT2D eigenvalue weighted by Crippen LogP contribution is -2.43. The third-order valence-corrected chi connectivity index (χ3v) is 4.14. The van der Waals surface area contributed by atoms with Gasteiger partial charge in [-0.1, -0.05) is 39.0 Å². The van der Waals surface area contributed by atoms with Crippen LogP contribution >= 0.6 is 0 Å². The molecule has 0 radical (unpaired) electrons. The molecule has 0 spiro atoms. The normalized spacial score (nSPS) is 15.8. The van der Waals surface area contributed by atoms with Crippen LogP contribution in [0.2, 0.25) is 0 Å². The van der Waals surface area contributed by atoms with Crippen molar-refractivity contribution >= 4 is 17.5 Å². The first kappa shape index (κ1) is 17.5. The van der Waals surface area contributed by atoms with Gasteiger partial charge in [0.15, 0.2) is 0 Å². The van der Waals surface area contributed by atoms with E-state index in [-0.39, 0.29) is 18.1 Å². The van der Waals surface area contributed by atoms with Gasteiger partial charge in [-0.15, -0.1) is 0 Å². The number of amides is 2. The number of nitrogens with one attached hydrogen (secondary N) is 2. The minimum atomic E-state index is -0.662. The Morgan fingerprint density at radius 3 is 2.43 bits per heavy atom. The zero-order valence-electron chi connectivity index (χ0n) is 14.1. The third kappa shape index (κ3) is 4.79. The topological polar surface area (TPSA) is 78.4 Å². The average Bonchev–Trinajstić information content (AvgIpc) is 3.30. The van der Waals surface area contributed by atoms with E-state index in [1.165, 1.54) is 0 Å². The second-order valence-electron chi connectivity index (χ2n) is 7.18. The van der Waals surface area contributed by atoms with Crippen LogP contribution in [-0.4, -0.2) is 29.6 Å². The average molecular weight is 318 g/mol. The van der Waals surface area contributed by atoms with Gasteiger partial charge in [-0.2, -0.15) is 0 Å². The Hall–Kier alpha value is -1.88. The number of anilines is 1. The summed E-state index contributed by atoms with van der Waals surface area (Å²) in [6.45, 7) is 6.18. The molecule has 0 saturated heterocycles. The molecule has 1 aliphatic carbocycles. The monoisotopic (exact) mass is 318 g/mol. The molecule has 126 valence electrons. The van der Waals surface area contributed by atoms with Crippen LogP contribution in [0.15, 0.2) is 24.3 Å². The minimum Gasteiger partial charge on any atom is -0.396 e. The van der Waals surface area contributed by atoms with Crippen molar-refractivity contribution in [1.82, 2.24) is 5.32 Å². The van der Waals surface area contributed by atoms with Crippen molar-refractivity contribution in [2.24, 2.45) is 5.92 Å². The Labute approximate surface area is 137 Å². The van der Waals surface area contributed by atoms with Crippen LogP contribution < -0.4 is 10.6 Å². The van der Waals surface area contributed by atoms with E-state index in [2.05, 4.69) is 31.4 Å². The largest absolute Gasteiger partial charge is 0.396 e. The molecule has 0 aromatic heterocycles. The van der Waals surface area contributed by atoms with Gasteiger partial charge in [-0.3, -0.25) is 9.59 Å². The summed E-state index contributed by atoms with van der Waals surface area (Å²) in [6, 6.07) is 7.39. The summed E-state index contributed by atoms with van der Waals surface area (Å²) in [5.74, 6) is -0.912. The molecule has 0 bridgehead atoms. The van der Waals surface area contributed by atoms with Crippen LogP contribution in [0.1, 0.15) is 45.6 Å². The van der Waals surface area contributed by atoms with E-state index >= 15 is 0 Å². The first-order valence-electron chi connectivity index (χ1n) is 8.15. The van der Waals surface area contributed by atoms with Crippen molar-refractivity contribution in [3.63, 3.8) is 0 Å². The van der Waals surface area contributed by atoms with E-state index in [0.717, 1.165) is 18.4 Å². The highest BCUT2D eigenvalue weighted by Crippen LogP contribution is 2.34. The van der Waals surface area contributed by atoms with Gasteiger partial charge in [0.1, 0.15) is 0 Å². The molecule has 23 heavy (non-hydrogen) atoms. The molecular formula is C18H26N2O3. The molecule has 1 atom stereocenters. The maximum atomic E-state index is 12.2. The molecule has 5 heteroatoms. The molecule has 1 aromatic rings. The second-order valence-corrected chi connectivity index (χ2v) is 7.18. The van der Waals surface area contributed by atoms with Crippen LogP contribution in [0.25, 0.3) is 0 Å². The van der Waals surface area contributed by atoms with Gasteiger partial charge < -0.3 is 15.7 Å². The van der Waals surface area contributed by atoms with Gasteiger partial charge in [0.05, 0.1) is 0 Å². The fourth-order valence-electron chi connectivity index (χ4n) is 2.72. The van der Waals surface area contributed by atoms with E-state index in [4.69, 9.17) is 5.11 Å². The molecule has 0 heterocycles. The van der Waals surface area contributed by atoms with Gasteiger partial charge in [0.2, 0.25) is 0 Å². The zero-order chi connectivity index (χ0) is 17.0. The molecule has 1 unspecified atom stereocenters. The van der Waals surface area contributed by atoms with Crippen molar-refractivity contribution in [3.8, 4) is 0 Å². The first-order chi connectivity index (χ1) is 10.8. The highest BCUT2D eigenvalue weighted by Gasteiger charge is 2.33. The summed E-state index contributed by atoms with van der Waals surface area (Å²) in [5, 5.41) is 14.5. The molecule has 1 saturated carbocycles. The van der Waals surface area contributed by atoms with Crippen molar-refractivity contribution in [3.05, 3.63) is 29.8 Å². The van der Waals surface area contributed by atoms with Gasteiger partial charge in [-0.05, 0) is 42.2 Å². The zero-order valence-corrected chi connectivity index (χ0v) is 14.1. The van der Waals surface area contributed by atoms with Crippen molar-refractivity contribution in [2.45, 2.75) is 51.5 Å². The Kier molecular flexibility index (Phi) is 5.42. The Morgan fingerprint density at radius 2 is 1.87 bits per heavy atom. The Bertz CT molecular complexity index is 574. The molecule has 1 fully saturated rings. The quantitative estimate of drug-likeness (QED) is 0.728. The van der Waals surface area contributed by atoms with E-state index < -0.39 is 11.8 Å². The lowest BCUT2D eigenvalue weighted by molar-refractivity contribution is -0.136. The lowest BCUT2D eigenvalue weighted by atomic mass is 9.86. The highest BCUT2D eigenvalue weighted by atomic mass is 16.3. The van der Waals surface area contributed by atoms with Crippen molar-refractivity contribution in [2.75, 3.05) is 11.9 Å². The smallest absolute Gasteiger partial charge is 0.313 e. The molecule has 2 amide bonds. The second kappa shape index (κ2) is 7.13. The number of aliphatic hydroxyl groups excluding tert-OH is 1. The summed E-state index contributed by atoms with van der Waals surface area (Å²) >= 11 is 0. The lowest BCUT2D eigenvalue weighted by Gasteiger charge is -2.23. The van der Waals surface area contributed by atoms with E-state index in [9.17, 15) is 9.59 Å². The number of hydrogen-bond acceptors (Lipinski definition) is 3. The number of benzene rings is 1. The van der Waals surface area contributed by atoms with Crippen LogP contribution in [0.4, 0.5) is 5.69 Å². The van der Waals surface area contributed by atoms with Gasteiger partial charge in [-0.25, -0.2) is 0 Å². The summed E-state index contributed by atoms with van der Waals surface area (Å²) in [7, 11) is 0. The van der Waals surface area contributed by atoms with Crippen molar-refractivity contribution in [1.29, 1.82) is 0 Å². The number of para-hydroxylation sites is 1. The SMILES string of the molecule is CC(C)(C)c1ccccc1NC(=O)C(=O)NC(CCO)C1CC1. The van der Waals surface area contributed by atoms with Gasteiger partial charge in [0, 0.05) is 18.3 Å². The van der Waals surface area contributed by atoms with Crippen LogP contribution in [-0.2, 0) is 15.0 Å². The molecular weight excluding hydrogens is 292 g/mol. The predicted molar refractivity (Wildman–Crippen MR) is 90.1 cm³/mol. The fourth-order valence-corrected chi connectivity index (χ4v) is 2.72. The van der Waals surface area contributed by atoms with Crippen LogP contribution in [0, 0.1) is 5.92 Å². The van der Waals surface area contributed by atoms with Crippen molar-refractivity contribution < 1.29 is 14.7 Å². The number of aliphatic hydroxyl groups is 1. The third-order valence-electron chi connectivity index (χ3n) is 4.14. The maximum absolute atomic E-state index is 12.2. The van der Waals surface area contributed by atoms with E-state index in [1.54, 1.807) is 6.07 Å². The number of carbonyl (C=O) groups is 2. The fraction of sp³-hybridized carbons (Fsp3) is 0.556. The van der Waals surface area contributed by atoms with E-state index in [1.807, 2.05) is 18.2 Å². The first-order valence-corrected chi connectivity index (χ1v) is 8.15. The number of carbonyl (C=O) groups excluding carboxylic acids is 2. The van der Waals surface area contributed by atoms with E-state index in [0.29, 0.717) is 18.0 Å². The Morgan fingerprint density at radius 1 is 1.22 bits per heavy atom. The molecule has 0 aliphatic heterocycles. The molecule has 3 N–H and O–H groups in total. The molecule has 1 aliphatic rings. The minimum absolute atomic E-state index is 0.00984. The van der Waals surface area contributed by atoms with Gasteiger partial charge in [0.25, 0.3) is 0 Å². The summed E-state index contributed by atoms with van der Waals surface area (Å²) in [5.41, 5.74) is 1.51. The molecule has 1 aromatic carbocycles. The number of rotatable bonds is 5. The summed E-state index contributed by atoms with van der Waals surface area (Å²) in [6.07, 6.45) is 2.57. The molecule has 5 nitrogen and oxygen atoms in total. The maximum Gasteiger partial charge on any atom is 0.313 e.